The van der Waals surface area contributed by atoms with E-state index in [0.29, 0.717) is 0 Å². The third kappa shape index (κ3) is 2.64. The normalized spacial score (nSPS) is 17.1. The van der Waals surface area contributed by atoms with Crippen molar-refractivity contribution < 1.29 is 19.2 Å². The second-order valence-corrected chi connectivity index (χ2v) is 10.1. The second kappa shape index (κ2) is 7.56. The lowest BCUT2D eigenvalue weighted by atomic mass is 9.98. The van der Waals surface area contributed by atoms with E-state index in [-0.39, 0.29) is 11.1 Å². The van der Waals surface area contributed by atoms with Gasteiger partial charge in [-0.3, -0.25) is 19.2 Å². The van der Waals surface area contributed by atoms with Gasteiger partial charge in [0.05, 0.1) is 52.3 Å². The number of nitrogens with zero attached hydrogens (tertiary/aromatic N) is 2. The van der Waals surface area contributed by atoms with Gasteiger partial charge in [0, 0.05) is 43.1 Å². The number of pyridine rings is 4. The van der Waals surface area contributed by atoms with Crippen LogP contribution >= 0.6 is 0 Å². The number of hydrogen-bond donors (Lipinski definition) is 0. The number of hydrogen-bond acceptors (Lipinski definition) is 4. The van der Waals surface area contributed by atoms with E-state index in [9.17, 15) is 21.9 Å². The summed E-state index contributed by atoms with van der Waals surface area (Å²) in [6, 6.07) is -10.6. The number of benzene rings is 5. The zero-order chi connectivity index (χ0) is 40.8. The summed E-state index contributed by atoms with van der Waals surface area (Å²) >= 11 is 0. The molecule has 9 rings (SSSR count). The Morgan fingerprint density at radius 1 is 0.429 bits per heavy atom. The van der Waals surface area contributed by atoms with Gasteiger partial charge in [-0.15, -0.1) is 0 Å². The Morgan fingerprint density at radius 3 is 1.19 bits per heavy atom. The highest BCUT2D eigenvalue weighted by molar-refractivity contribution is 6.13. The van der Waals surface area contributed by atoms with Crippen LogP contribution in [0.4, 0.5) is 0 Å². The van der Waals surface area contributed by atoms with E-state index in [1.54, 1.807) is 0 Å². The molecule has 9 aromatic rings. The van der Waals surface area contributed by atoms with Crippen molar-refractivity contribution in [1.82, 2.24) is 8.80 Å². The lowest BCUT2D eigenvalue weighted by molar-refractivity contribution is 1.28. The van der Waals surface area contributed by atoms with E-state index in [1.165, 1.54) is 13.8 Å². The smallest absolute Gasteiger partial charge is 0.197 e. The van der Waals surface area contributed by atoms with Crippen molar-refractivity contribution in [3.8, 4) is 0 Å². The van der Waals surface area contributed by atoms with Crippen molar-refractivity contribution in [3.63, 3.8) is 0 Å². The molecule has 6 nitrogen and oxygen atoms in total. The van der Waals surface area contributed by atoms with Crippen LogP contribution in [0.3, 0.4) is 0 Å². The molecule has 0 saturated heterocycles. The zero-order valence-electron chi connectivity index (χ0n) is 35.5. The SMILES string of the molecule is [2H]c1c([2H])c([2H])c2c(c1[2H])c(=O)c1c([2H])c(C)c([2H])c3c(=O)c4c([2H])c5c(=O)c6c([2H])c(C)c([2H])c7c(=O)c8c([2H])c([2H])c([2H])c([2H])c8n(c5c([2H])c4n2c13)c76. The highest BCUT2D eigenvalue weighted by atomic mass is 16.1. The van der Waals surface area contributed by atoms with E-state index in [2.05, 4.69) is 0 Å². The van der Waals surface area contributed by atoms with Crippen molar-refractivity contribution >= 4 is 76.2 Å². The van der Waals surface area contributed by atoms with Crippen LogP contribution in [0.2, 0.25) is 0 Å². The highest BCUT2D eigenvalue weighted by Gasteiger charge is 2.22. The average Bonchev–Trinajstić information content (AvgIpc) is 3.15. The topological polar surface area (TPSA) is 77.1 Å². The molecule has 198 valence electrons. The van der Waals surface area contributed by atoms with Crippen LogP contribution in [-0.4, -0.2) is 8.80 Å². The predicted octanol–water partition coefficient (Wildman–Crippen LogP) is 6.04. The molecule has 42 heavy (non-hydrogen) atoms. The molecule has 0 amide bonds. The maximum absolute atomic E-state index is 14.7. The van der Waals surface area contributed by atoms with E-state index in [4.69, 9.17) is 16.4 Å². The molecule has 0 N–H and O–H groups in total. The summed E-state index contributed by atoms with van der Waals surface area (Å²) in [5.74, 6) is 0. The largest absolute Gasteiger partial charge is 0.307 e. The van der Waals surface area contributed by atoms with E-state index in [0.717, 1.165) is 8.80 Å². The first-order valence-corrected chi connectivity index (χ1v) is 12.7. The molecule has 4 aromatic heterocycles. The minimum atomic E-state index is -1.14. The Morgan fingerprint density at radius 2 is 0.786 bits per heavy atom. The highest BCUT2D eigenvalue weighted by Crippen LogP contribution is 2.32. The summed E-state index contributed by atoms with van der Waals surface area (Å²) in [5, 5.41) is -4.90. The number of aromatic nitrogens is 2. The first kappa shape index (κ1) is 13.4. The predicted molar refractivity (Wildman–Crippen MR) is 170 cm³/mol. The molecule has 0 fully saturated rings. The fourth-order valence-electron chi connectivity index (χ4n) is 5.99. The lowest BCUT2D eigenvalue weighted by Crippen LogP contribution is -2.17. The van der Waals surface area contributed by atoms with Crippen molar-refractivity contribution in [2.75, 3.05) is 0 Å². The number of para-hydroxylation sites is 2. The molecule has 4 heterocycles. The minimum Gasteiger partial charge on any atom is -0.307 e. The van der Waals surface area contributed by atoms with Crippen molar-refractivity contribution in [1.29, 1.82) is 0 Å². The Balaban J connectivity index is 1.82. The molecule has 0 bridgehead atoms. The van der Waals surface area contributed by atoms with Crippen molar-refractivity contribution in [2.45, 2.75) is 13.8 Å². The zero-order valence-corrected chi connectivity index (χ0v) is 21.5. The van der Waals surface area contributed by atoms with Gasteiger partial charge in [-0.2, -0.15) is 0 Å². The van der Waals surface area contributed by atoms with Gasteiger partial charge in [-0.25, -0.2) is 0 Å². The van der Waals surface area contributed by atoms with Crippen LogP contribution in [0, 0.1) is 13.8 Å². The Kier molecular flexibility index (Phi) is 2.40. The van der Waals surface area contributed by atoms with E-state index < -0.39 is 182 Å². The average molecular weight is 559 g/mol. The summed E-state index contributed by atoms with van der Waals surface area (Å²) < 4.78 is 126. The minimum absolute atomic E-state index is 0.162. The van der Waals surface area contributed by atoms with Crippen LogP contribution in [0.1, 0.15) is 30.3 Å². The third-order valence-electron chi connectivity index (χ3n) is 7.65. The van der Waals surface area contributed by atoms with Gasteiger partial charge in [-0.05, 0) is 85.4 Å². The molecule has 5 aromatic carbocycles. The molecule has 0 atom stereocenters. The maximum Gasteiger partial charge on any atom is 0.197 e. The van der Waals surface area contributed by atoms with Crippen LogP contribution in [0.25, 0.3) is 76.2 Å². The molecule has 0 unspecified atom stereocenters. The molecule has 0 aliphatic rings. The van der Waals surface area contributed by atoms with Gasteiger partial charge in [-0.1, -0.05) is 24.2 Å². The lowest BCUT2D eigenvalue weighted by Gasteiger charge is -2.18. The molecule has 0 radical (unpaired) electrons. The Hall–Kier alpha value is -5.62. The molecule has 6 heteroatoms. The van der Waals surface area contributed by atoms with Crippen molar-refractivity contribution in [3.05, 3.63) is 137 Å². The molecule has 0 spiro atoms. The monoisotopic (exact) mass is 558 g/mol. The van der Waals surface area contributed by atoms with Crippen LogP contribution in [0.5, 0.6) is 0 Å². The van der Waals surface area contributed by atoms with Crippen LogP contribution < -0.4 is 21.7 Å². The third-order valence-corrected chi connectivity index (χ3v) is 7.65. The van der Waals surface area contributed by atoms with Gasteiger partial charge < -0.3 is 8.80 Å². The summed E-state index contributed by atoms with van der Waals surface area (Å²) in [7, 11) is 0. The van der Waals surface area contributed by atoms with Gasteiger partial charge in [0.1, 0.15) is 0 Å². The first-order chi connectivity index (χ1) is 26.2. The standard InChI is InChI=1S/C36H20N2O4/c1-17-11-23-31-25(13-17)35(41)21-15-22-30(16-29(21)37(31)27-9-5-3-7-19(27)33(23)39)38-28-10-6-4-8-20(28)34(40)24-12-18(2)14-26(32(24)38)36(22)42/h3-16H,1-2H3/i3D,4D,5D,6D,7D,8D,9D,10D,11D,12D,13D,14D,15D,16D. The molecular weight excluding hydrogens is 524 g/mol. The summed E-state index contributed by atoms with van der Waals surface area (Å²) in [6.07, 6.45) is 0. The molecule has 0 aliphatic heterocycles. The number of rotatable bonds is 0. The summed E-state index contributed by atoms with van der Waals surface area (Å²) in [6.45, 7) is 2.57. The van der Waals surface area contributed by atoms with Gasteiger partial charge in [0.25, 0.3) is 0 Å². The fourth-order valence-corrected chi connectivity index (χ4v) is 5.99. The van der Waals surface area contributed by atoms with E-state index in [1.807, 2.05) is 0 Å². The van der Waals surface area contributed by atoms with E-state index >= 15 is 0 Å². The molecular formula is C36H20N2O4. The fraction of sp³-hybridized carbons (Fsp3) is 0.0556. The Bertz CT molecular complexity index is 3510. The molecule has 0 saturated carbocycles. The number of fused-ring (bicyclic) bond motifs is 8. The molecule has 0 aliphatic carbocycles. The second-order valence-electron chi connectivity index (χ2n) is 10.1. The van der Waals surface area contributed by atoms with Crippen LogP contribution in [0.15, 0.2) is 104 Å². The summed E-state index contributed by atoms with van der Waals surface area (Å²) in [4.78, 5) is 57.9. The van der Waals surface area contributed by atoms with Gasteiger partial charge in [0.2, 0.25) is 0 Å². The Labute approximate surface area is 255 Å². The quantitative estimate of drug-likeness (QED) is 0.168. The maximum atomic E-state index is 14.7. The van der Waals surface area contributed by atoms with Crippen LogP contribution in [-0.2, 0) is 0 Å². The van der Waals surface area contributed by atoms with Crippen molar-refractivity contribution in [2.24, 2.45) is 0 Å². The van der Waals surface area contributed by atoms with Gasteiger partial charge >= 0.3 is 0 Å². The first-order valence-electron chi connectivity index (χ1n) is 19.7. The summed E-state index contributed by atoms with van der Waals surface area (Å²) in [5.41, 5.74) is -8.14. The van der Waals surface area contributed by atoms with Gasteiger partial charge in [0.15, 0.2) is 21.7 Å².